The first kappa shape index (κ1) is 26.2. The number of amides is 1. The molecule has 0 fully saturated rings. The number of thioether (sulfide) groups is 1. The van der Waals surface area contributed by atoms with Gasteiger partial charge in [-0.2, -0.15) is 11.8 Å². The monoisotopic (exact) mass is 477 g/mol. The van der Waals surface area contributed by atoms with Crippen molar-refractivity contribution in [1.29, 1.82) is 0 Å². The molecule has 0 saturated carbocycles. The molecule has 2 aromatic carbocycles. The summed E-state index contributed by atoms with van der Waals surface area (Å²) in [6.45, 7) is 5.41. The van der Waals surface area contributed by atoms with Crippen molar-refractivity contribution in [2.75, 3.05) is 29.2 Å². The van der Waals surface area contributed by atoms with Gasteiger partial charge in [-0.25, -0.2) is 9.59 Å². The molecule has 0 radical (unpaired) electrons. The van der Waals surface area contributed by atoms with Crippen molar-refractivity contribution in [1.82, 2.24) is 5.32 Å². The SMILES string of the molecule is CSCC[C@H](Nc1c(NC[C@H](Cc2ccccc2)NC(=O)OC(C)(C)C)c(=O)c1=O)C(=O)O. The van der Waals surface area contributed by atoms with Crippen LogP contribution in [0.25, 0.3) is 0 Å². The summed E-state index contributed by atoms with van der Waals surface area (Å²) in [4.78, 5) is 48.0. The van der Waals surface area contributed by atoms with Crippen LogP contribution in [0.1, 0.15) is 32.8 Å². The molecule has 0 aliphatic heterocycles. The Hall–Kier alpha value is -3.01. The van der Waals surface area contributed by atoms with E-state index in [1.807, 2.05) is 36.6 Å². The van der Waals surface area contributed by atoms with Gasteiger partial charge < -0.3 is 25.8 Å². The minimum absolute atomic E-state index is 0.0273. The van der Waals surface area contributed by atoms with Gasteiger partial charge in [-0.3, -0.25) is 9.59 Å². The highest BCUT2D eigenvalue weighted by Crippen LogP contribution is 2.18. The molecule has 0 saturated heterocycles. The van der Waals surface area contributed by atoms with Gasteiger partial charge in [0.1, 0.15) is 23.0 Å². The number of ether oxygens (including phenoxy) is 1. The van der Waals surface area contributed by atoms with E-state index in [0.29, 0.717) is 18.6 Å². The van der Waals surface area contributed by atoms with Crippen LogP contribution in [-0.4, -0.2) is 53.4 Å². The van der Waals surface area contributed by atoms with E-state index >= 15 is 0 Å². The molecule has 180 valence electrons. The lowest BCUT2D eigenvalue weighted by Crippen LogP contribution is -2.46. The zero-order valence-electron chi connectivity index (χ0n) is 19.3. The molecular weight excluding hydrogens is 446 g/mol. The summed E-state index contributed by atoms with van der Waals surface area (Å²) >= 11 is 1.49. The number of carboxylic acid groups (broad SMARTS) is 1. The summed E-state index contributed by atoms with van der Waals surface area (Å²) in [5.41, 5.74) is -1.20. The predicted molar refractivity (Wildman–Crippen MR) is 131 cm³/mol. The van der Waals surface area contributed by atoms with E-state index in [0.717, 1.165) is 5.56 Å². The molecule has 0 heterocycles. The number of nitrogens with one attached hydrogen (secondary N) is 3. The van der Waals surface area contributed by atoms with Crippen molar-refractivity contribution >= 4 is 35.2 Å². The van der Waals surface area contributed by atoms with Gasteiger partial charge in [0.05, 0.1) is 6.04 Å². The fourth-order valence-electron chi connectivity index (χ4n) is 3.14. The van der Waals surface area contributed by atoms with Crippen LogP contribution in [0.4, 0.5) is 16.2 Å². The van der Waals surface area contributed by atoms with Gasteiger partial charge in [0.15, 0.2) is 0 Å². The van der Waals surface area contributed by atoms with Crippen molar-refractivity contribution in [2.45, 2.75) is 51.3 Å². The number of hydrogen-bond donors (Lipinski definition) is 4. The lowest BCUT2D eigenvalue weighted by Gasteiger charge is -2.25. The number of benzene rings is 1. The minimum atomic E-state index is -1.10. The second-order valence-electron chi connectivity index (χ2n) is 8.64. The molecule has 2 rings (SSSR count). The molecule has 2 atom stereocenters. The van der Waals surface area contributed by atoms with E-state index in [1.54, 1.807) is 20.8 Å². The Labute approximate surface area is 197 Å². The molecule has 4 N–H and O–H groups in total. The van der Waals surface area contributed by atoms with Gasteiger partial charge in [-0.05, 0) is 51.2 Å². The van der Waals surface area contributed by atoms with Crippen LogP contribution in [0, 0.1) is 0 Å². The van der Waals surface area contributed by atoms with Gasteiger partial charge >= 0.3 is 12.1 Å². The fraction of sp³-hybridized carbons (Fsp3) is 0.478. The molecule has 10 heteroatoms. The maximum Gasteiger partial charge on any atom is 0.407 e. The topological polar surface area (TPSA) is 134 Å². The Morgan fingerprint density at radius 1 is 1.09 bits per heavy atom. The van der Waals surface area contributed by atoms with Gasteiger partial charge in [0, 0.05) is 6.54 Å². The predicted octanol–water partition coefficient (Wildman–Crippen LogP) is 2.45. The average Bonchev–Trinajstić information content (AvgIpc) is 2.73. The van der Waals surface area contributed by atoms with Crippen LogP contribution in [0.2, 0.25) is 0 Å². The van der Waals surface area contributed by atoms with Crippen molar-refractivity contribution in [3.05, 3.63) is 56.3 Å². The van der Waals surface area contributed by atoms with Gasteiger partial charge in [0.25, 0.3) is 10.9 Å². The Balaban J connectivity index is 2.13. The van der Waals surface area contributed by atoms with E-state index in [4.69, 9.17) is 4.74 Å². The number of alkyl carbamates (subject to hydrolysis) is 1. The summed E-state index contributed by atoms with van der Waals surface area (Å²) in [5.74, 6) is -0.516. The lowest BCUT2D eigenvalue weighted by molar-refractivity contribution is -0.137. The van der Waals surface area contributed by atoms with Gasteiger partial charge in [0.2, 0.25) is 0 Å². The fourth-order valence-corrected chi connectivity index (χ4v) is 3.61. The number of hydrogen-bond acceptors (Lipinski definition) is 8. The summed E-state index contributed by atoms with van der Waals surface area (Å²) in [7, 11) is 0. The zero-order chi connectivity index (χ0) is 24.6. The van der Waals surface area contributed by atoms with Gasteiger partial charge in [-0.15, -0.1) is 0 Å². The largest absolute Gasteiger partial charge is 0.480 e. The highest BCUT2D eigenvalue weighted by Gasteiger charge is 2.27. The number of carboxylic acids is 1. The van der Waals surface area contributed by atoms with Gasteiger partial charge in [-0.1, -0.05) is 30.3 Å². The van der Waals surface area contributed by atoms with Crippen molar-refractivity contribution < 1.29 is 19.4 Å². The summed E-state index contributed by atoms with van der Waals surface area (Å²) < 4.78 is 5.34. The third-order valence-corrected chi connectivity index (χ3v) is 5.35. The molecule has 9 nitrogen and oxygen atoms in total. The molecular formula is C23H31N3O6S. The number of aliphatic carboxylic acids is 1. The van der Waals surface area contributed by atoms with Crippen LogP contribution in [-0.2, 0) is 16.0 Å². The van der Waals surface area contributed by atoms with Crippen molar-refractivity contribution in [2.24, 2.45) is 0 Å². The number of carbonyl (C=O) groups is 2. The molecule has 0 aromatic heterocycles. The number of rotatable bonds is 12. The van der Waals surface area contributed by atoms with Crippen LogP contribution < -0.4 is 26.8 Å². The first-order valence-corrected chi connectivity index (χ1v) is 12.0. The van der Waals surface area contributed by atoms with Crippen LogP contribution in [0.3, 0.4) is 0 Å². The van der Waals surface area contributed by atoms with Crippen LogP contribution >= 0.6 is 11.8 Å². The standard InChI is InChI=1S/C23H31N3O6S/c1-23(2,3)32-22(31)25-15(12-14-8-6-5-7-9-14)13-24-17-18(20(28)19(17)27)26-16(21(29)30)10-11-33-4/h5-9,15-16,24,26H,10-13H2,1-4H3,(H,25,31)(H,29,30)/t15-,16-/m0/s1. The Morgan fingerprint density at radius 3 is 2.30 bits per heavy atom. The highest BCUT2D eigenvalue weighted by atomic mass is 32.2. The summed E-state index contributed by atoms with van der Waals surface area (Å²) in [6, 6.07) is 8.04. The minimum Gasteiger partial charge on any atom is -0.480 e. The second-order valence-corrected chi connectivity index (χ2v) is 9.62. The second kappa shape index (κ2) is 11.7. The Kier molecular flexibility index (Phi) is 9.33. The third-order valence-electron chi connectivity index (χ3n) is 4.71. The maximum absolute atomic E-state index is 12.3. The molecule has 2 aromatic rings. The number of carbonyl (C=O) groups excluding carboxylic acids is 1. The first-order chi connectivity index (χ1) is 15.5. The normalized spacial score (nSPS) is 13.2. The first-order valence-electron chi connectivity index (χ1n) is 10.6. The molecule has 0 aliphatic rings. The average molecular weight is 478 g/mol. The molecule has 33 heavy (non-hydrogen) atoms. The van der Waals surface area contributed by atoms with E-state index in [2.05, 4.69) is 16.0 Å². The van der Waals surface area contributed by atoms with E-state index in [9.17, 15) is 24.3 Å². The lowest BCUT2D eigenvalue weighted by atomic mass is 10.1. The van der Waals surface area contributed by atoms with E-state index in [1.165, 1.54) is 11.8 Å². The molecule has 0 bridgehead atoms. The quantitative estimate of drug-likeness (QED) is 0.340. The number of anilines is 2. The third kappa shape index (κ3) is 8.12. The summed E-state index contributed by atoms with van der Waals surface area (Å²) in [5, 5.41) is 17.8. The van der Waals surface area contributed by atoms with E-state index < -0.39 is 40.6 Å². The maximum atomic E-state index is 12.3. The highest BCUT2D eigenvalue weighted by molar-refractivity contribution is 7.98. The molecule has 0 aliphatic carbocycles. The van der Waals surface area contributed by atoms with Crippen molar-refractivity contribution in [3.63, 3.8) is 0 Å². The van der Waals surface area contributed by atoms with Crippen molar-refractivity contribution in [3.8, 4) is 0 Å². The van der Waals surface area contributed by atoms with Crippen LogP contribution in [0.5, 0.6) is 0 Å². The molecule has 0 spiro atoms. The van der Waals surface area contributed by atoms with E-state index in [-0.39, 0.29) is 17.9 Å². The summed E-state index contributed by atoms with van der Waals surface area (Å²) in [6.07, 6.45) is 2.01. The zero-order valence-corrected chi connectivity index (χ0v) is 20.1. The Morgan fingerprint density at radius 2 is 1.73 bits per heavy atom. The molecule has 1 amide bonds. The van der Waals surface area contributed by atoms with Crippen LogP contribution in [0.15, 0.2) is 39.9 Å². The Bertz CT molecular complexity index is 1010. The molecule has 0 unspecified atom stereocenters. The smallest absolute Gasteiger partial charge is 0.407 e.